The van der Waals surface area contributed by atoms with Crippen LogP contribution in [0, 0.1) is 11.8 Å². The van der Waals surface area contributed by atoms with Crippen LogP contribution >= 0.6 is 0 Å². The molecule has 2 heterocycles. The molecule has 2 rings (SSSR count). The predicted molar refractivity (Wildman–Crippen MR) is 59.9 cm³/mol. The molecular formula is C12H23NO2. The lowest BCUT2D eigenvalue weighted by atomic mass is 9.86. The summed E-state index contributed by atoms with van der Waals surface area (Å²) in [5, 5.41) is 3.63. The molecule has 3 heteroatoms. The van der Waals surface area contributed by atoms with Gasteiger partial charge in [0.25, 0.3) is 0 Å². The third-order valence-corrected chi connectivity index (χ3v) is 3.65. The first kappa shape index (κ1) is 11.4. The second kappa shape index (κ2) is 5.28. The van der Waals surface area contributed by atoms with E-state index in [-0.39, 0.29) is 0 Å². The van der Waals surface area contributed by atoms with Crippen molar-refractivity contribution in [3.05, 3.63) is 0 Å². The summed E-state index contributed by atoms with van der Waals surface area (Å²) < 4.78 is 11.2. The molecule has 88 valence electrons. The molecule has 15 heavy (non-hydrogen) atoms. The second-order valence-electron chi connectivity index (χ2n) is 4.85. The Labute approximate surface area is 92.5 Å². The molecule has 4 atom stereocenters. The second-order valence-corrected chi connectivity index (χ2v) is 4.85. The maximum Gasteiger partial charge on any atom is 0.0551 e. The Morgan fingerprint density at radius 2 is 2.20 bits per heavy atom. The molecule has 4 unspecified atom stereocenters. The molecule has 0 radical (unpaired) electrons. The zero-order valence-corrected chi connectivity index (χ0v) is 9.87. The van der Waals surface area contributed by atoms with Gasteiger partial charge < -0.3 is 14.8 Å². The molecular weight excluding hydrogens is 190 g/mol. The van der Waals surface area contributed by atoms with Gasteiger partial charge in [-0.1, -0.05) is 6.92 Å². The molecule has 0 spiro atoms. The highest BCUT2D eigenvalue weighted by Gasteiger charge is 2.35. The van der Waals surface area contributed by atoms with Crippen LogP contribution in [0.4, 0.5) is 0 Å². The van der Waals surface area contributed by atoms with E-state index in [0.717, 1.165) is 26.4 Å². The Morgan fingerprint density at radius 3 is 2.73 bits per heavy atom. The highest BCUT2D eigenvalue weighted by atomic mass is 16.5. The van der Waals surface area contributed by atoms with Gasteiger partial charge in [-0.05, 0) is 26.3 Å². The lowest BCUT2D eigenvalue weighted by Crippen LogP contribution is -2.43. The largest absolute Gasteiger partial charge is 0.381 e. The summed E-state index contributed by atoms with van der Waals surface area (Å²) in [5.74, 6) is 1.38. The average Bonchev–Trinajstić information content (AvgIpc) is 2.85. The predicted octanol–water partition coefficient (Wildman–Crippen LogP) is 1.43. The fraction of sp³-hybridized carbons (Fsp3) is 1.00. The summed E-state index contributed by atoms with van der Waals surface area (Å²) in [4.78, 5) is 0. The van der Waals surface area contributed by atoms with E-state index in [0.29, 0.717) is 24.0 Å². The van der Waals surface area contributed by atoms with Gasteiger partial charge in [0.1, 0.15) is 0 Å². The molecule has 0 bridgehead atoms. The van der Waals surface area contributed by atoms with Gasteiger partial charge in [0.2, 0.25) is 0 Å². The standard InChI is InChI=1S/C12H23NO2/c1-3-13-12(10-4-5-14-7-10)11-6-9(2)15-8-11/h9-13H,3-8H2,1-2H3. The summed E-state index contributed by atoms with van der Waals surface area (Å²) in [7, 11) is 0. The molecule has 0 aromatic carbocycles. The van der Waals surface area contributed by atoms with Gasteiger partial charge in [0.05, 0.1) is 19.3 Å². The van der Waals surface area contributed by atoms with E-state index >= 15 is 0 Å². The Bertz CT molecular complexity index is 192. The highest BCUT2D eigenvalue weighted by Crippen LogP contribution is 2.29. The van der Waals surface area contributed by atoms with Crippen LogP contribution in [0.15, 0.2) is 0 Å². The minimum absolute atomic E-state index is 0.443. The van der Waals surface area contributed by atoms with E-state index in [2.05, 4.69) is 19.2 Å². The van der Waals surface area contributed by atoms with Crippen molar-refractivity contribution in [3.63, 3.8) is 0 Å². The zero-order chi connectivity index (χ0) is 10.7. The van der Waals surface area contributed by atoms with Gasteiger partial charge >= 0.3 is 0 Å². The maximum atomic E-state index is 5.67. The minimum Gasteiger partial charge on any atom is -0.381 e. The third-order valence-electron chi connectivity index (χ3n) is 3.65. The van der Waals surface area contributed by atoms with Gasteiger partial charge in [-0.15, -0.1) is 0 Å². The number of ether oxygens (including phenoxy) is 2. The number of hydrogen-bond donors (Lipinski definition) is 1. The molecule has 0 amide bonds. The van der Waals surface area contributed by atoms with E-state index in [1.807, 2.05) is 0 Å². The van der Waals surface area contributed by atoms with Crippen LogP contribution in [0.5, 0.6) is 0 Å². The monoisotopic (exact) mass is 213 g/mol. The van der Waals surface area contributed by atoms with Gasteiger partial charge in [0.15, 0.2) is 0 Å². The summed E-state index contributed by atoms with van der Waals surface area (Å²) in [6, 6.07) is 0.599. The van der Waals surface area contributed by atoms with Crippen LogP contribution in [0.1, 0.15) is 26.7 Å². The highest BCUT2D eigenvalue weighted by molar-refractivity contribution is 4.88. The first-order valence-corrected chi connectivity index (χ1v) is 6.24. The molecule has 0 aromatic rings. The molecule has 2 saturated heterocycles. The van der Waals surface area contributed by atoms with Gasteiger partial charge in [-0.2, -0.15) is 0 Å². The van der Waals surface area contributed by atoms with Crippen molar-refractivity contribution >= 4 is 0 Å². The lowest BCUT2D eigenvalue weighted by Gasteiger charge is -2.28. The molecule has 0 aromatic heterocycles. The van der Waals surface area contributed by atoms with E-state index in [9.17, 15) is 0 Å². The SMILES string of the molecule is CCNC(C1CCOC1)C1COC(C)C1. The molecule has 0 aliphatic carbocycles. The van der Waals surface area contributed by atoms with Crippen molar-refractivity contribution < 1.29 is 9.47 Å². The molecule has 2 fully saturated rings. The normalized spacial score (nSPS) is 38.4. The third kappa shape index (κ3) is 2.71. The molecule has 2 aliphatic rings. The van der Waals surface area contributed by atoms with Crippen LogP contribution in [0.2, 0.25) is 0 Å². The summed E-state index contributed by atoms with van der Waals surface area (Å²) >= 11 is 0. The molecule has 1 N–H and O–H groups in total. The smallest absolute Gasteiger partial charge is 0.0551 e. The number of rotatable bonds is 4. The Hall–Kier alpha value is -0.120. The van der Waals surface area contributed by atoms with E-state index < -0.39 is 0 Å². The fourth-order valence-electron chi connectivity index (χ4n) is 2.89. The first-order valence-electron chi connectivity index (χ1n) is 6.24. The van der Waals surface area contributed by atoms with Gasteiger partial charge in [-0.25, -0.2) is 0 Å². The van der Waals surface area contributed by atoms with Crippen molar-refractivity contribution in [2.75, 3.05) is 26.4 Å². The topological polar surface area (TPSA) is 30.5 Å². The van der Waals surface area contributed by atoms with Crippen molar-refractivity contribution in [1.29, 1.82) is 0 Å². The maximum absolute atomic E-state index is 5.67. The average molecular weight is 213 g/mol. The lowest BCUT2D eigenvalue weighted by molar-refractivity contribution is 0.111. The summed E-state index contributed by atoms with van der Waals surface area (Å²) in [6.07, 6.45) is 2.86. The minimum atomic E-state index is 0.443. The van der Waals surface area contributed by atoms with Crippen molar-refractivity contribution in [2.24, 2.45) is 11.8 Å². The number of nitrogens with one attached hydrogen (secondary N) is 1. The van der Waals surface area contributed by atoms with Gasteiger partial charge in [0, 0.05) is 24.5 Å². The quantitative estimate of drug-likeness (QED) is 0.766. The van der Waals surface area contributed by atoms with E-state index in [1.54, 1.807) is 0 Å². The molecule has 0 saturated carbocycles. The van der Waals surface area contributed by atoms with E-state index in [4.69, 9.17) is 9.47 Å². The van der Waals surface area contributed by atoms with Crippen LogP contribution < -0.4 is 5.32 Å². The summed E-state index contributed by atoms with van der Waals surface area (Å²) in [5.41, 5.74) is 0. The summed E-state index contributed by atoms with van der Waals surface area (Å²) in [6.45, 7) is 8.20. The Morgan fingerprint density at radius 1 is 1.33 bits per heavy atom. The molecule has 2 aliphatic heterocycles. The zero-order valence-electron chi connectivity index (χ0n) is 9.87. The van der Waals surface area contributed by atoms with Crippen LogP contribution in [0.25, 0.3) is 0 Å². The van der Waals surface area contributed by atoms with Crippen molar-refractivity contribution in [1.82, 2.24) is 5.32 Å². The van der Waals surface area contributed by atoms with Crippen LogP contribution in [0.3, 0.4) is 0 Å². The molecule has 3 nitrogen and oxygen atoms in total. The Balaban J connectivity index is 1.92. The Kier molecular flexibility index (Phi) is 4.00. The fourth-order valence-corrected chi connectivity index (χ4v) is 2.89. The van der Waals surface area contributed by atoms with Crippen molar-refractivity contribution in [3.8, 4) is 0 Å². The van der Waals surface area contributed by atoms with Crippen molar-refractivity contribution in [2.45, 2.75) is 38.8 Å². The van der Waals surface area contributed by atoms with E-state index in [1.165, 1.54) is 12.8 Å². The number of hydrogen-bond acceptors (Lipinski definition) is 3. The van der Waals surface area contributed by atoms with Crippen LogP contribution in [-0.2, 0) is 9.47 Å². The van der Waals surface area contributed by atoms with Gasteiger partial charge in [-0.3, -0.25) is 0 Å². The first-order chi connectivity index (χ1) is 7.31. The van der Waals surface area contributed by atoms with Crippen LogP contribution in [-0.4, -0.2) is 38.5 Å².